The molecule has 4 rings (SSSR count). The number of carbonyl (C=O) groups is 1. The molecule has 1 N–H and O–H groups in total. The SMILES string of the molecule is Cc1cccc2sc(NC(=O)C3CCN(S(=O)(=O)c4ccc(Cl)cc4)CC3)nc12. The molecule has 2 heterocycles. The van der Waals surface area contributed by atoms with E-state index < -0.39 is 10.0 Å². The fourth-order valence-electron chi connectivity index (χ4n) is 3.46. The van der Waals surface area contributed by atoms with Crippen LogP contribution >= 0.6 is 22.9 Å². The number of aromatic nitrogens is 1. The van der Waals surface area contributed by atoms with Gasteiger partial charge in [0.1, 0.15) is 0 Å². The van der Waals surface area contributed by atoms with Crippen molar-refractivity contribution in [1.29, 1.82) is 0 Å². The van der Waals surface area contributed by atoms with Crippen molar-refractivity contribution in [3.8, 4) is 0 Å². The van der Waals surface area contributed by atoms with Crippen molar-refractivity contribution in [2.45, 2.75) is 24.7 Å². The Morgan fingerprint density at radius 1 is 1.17 bits per heavy atom. The second-order valence-electron chi connectivity index (χ2n) is 7.06. The number of fused-ring (bicyclic) bond motifs is 1. The topological polar surface area (TPSA) is 79.4 Å². The molecule has 3 aromatic rings. The predicted molar refractivity (Wildman–Crippen MR) is 116 cm³/mol. The Bertz CT molecular complexity index is 1150. The second kappa shape index (κ2) is 8.02. The summed E-state index contributed by atoms with van der Waals surface area (Å²) >= 11 is 7.29. The Morgan fingerprint density at radius 3 is 2.52 bits per heavy atom. The second-order valence-corrected chi connectivity index (χ2v) is 10.5. The Morgan fingerprint density at radius 2 is 1.86 bits per heavy atom. The van der Waals surface area contributed by atoms with E-state index >= 15 is 0 Å². The first-order valence-electron chi connectivity index (χ1n) is 9.27. The molecule has 1 aliphatic heterocycles. The Hall–Kier alpha value is -2.00. The number of benzene rings is 2. The smallest absolute Gasteiger partial charge is 0.243 e. The number of anilines is 1. The fourth-order valence-corrected chi connectivity index (χ4v) is 6.00. The van der Waals surface area contributed by atoms with Gasteiger partial charge in [0.15, 0.2) is 5.13 Å². The highest BCUT2D eigenvalue weighted by Crippen LogP contribution is 2.30. The minimum atomic E-state index is -3.58. The first-order valence-corrected chi connectivity index (χ1v) is 11.9. The van der Waals surface area contributed by atoms with E-state index in [1.807, 2.05) is 25.1 Å². The van der Waals surface area contributed by atoms with Crippen LogP contribution in [0.25, 0.3) is 10.2 Å². The van der Waals surface area contributed by atoms with Crippen molar-refractivity contribution in [3.63, 3.8) is 0 Å². The lowest BCUT2D eigenvalue weighted by molar-refractivity contribution is -0.120. The molecule has 0 bridgehead atoms. The van der Waals surface area contributed by atoms with Gasteiger partial charge in [-0.15, -0.1) is 0 Å². The molecule has 29 heavy (non-hydrogen) atoms. The number of piperidine rings is 1. The highest BCUT2D eigenvalue weighted by Gasteiger charge is 2.32. The standard InChI is InChI=1S/C20H20ClN3O3S2/c1-13-3-2-4-17-18(13)22-20(28-17)23-19(25)14-9-11-24(12-10-14)29(26,27)16-7-5-15(21)6-8-16/h2-8,14H,9-12H2,1H3,(H,22,23,25). The van der Waals surface area contributed by atoms with Gasteiger partial charge in [0.2, 0.25) is 15.9 Å². The van der Waals surface area contributed by atoms with E-state index in [0.717, 1.165) is 15.8 Å². The average Bonchev–Trinajstić information content (AvgIpc) is 3.12. The summed E-state index contributed by atoms with van der Waals surface area (Å²) in [5.41, 5.74) is 1.97. The molecule has 0 spiro atoms. The van der Waals surface area contributed by atoms with Crippen LogP contribution in [0.5, 0.6) is 0 Å². The van der Waals surface area contributed by atoms with Gasteiger partial charge in [-0.25, -0.2) is 13.4 Å². The third-order valence-corrected chi connectivity index (χ3v) is 8.23. The summed E-state index contributed by atoms with van der Waals surface area (Å²) in [6, 6.07) is 12.1. The molecule has 9 heteroatoms. The van der Waals surface area contributed by atoms with Crippen molar-refractivity contribution >= 4 is 54.2 Å². The number of nitrogens with one attached hydrogen (secondary N) is 1. The third kappa shape index (κ3) is 4.16. The van der Waals surface area contributed by atoms with Gasteiger partial charge in [0, 0.05) is 24.0 Å². The maximum absolute atomic E-state index is 12.8. The van der Waals surface area contributed by atoms with Crippen LogP contribution in [0.4, 0.5) is 5.13 Å². The summed E-state index contributed by atoms with van der Waals surface area (Å²) in [5.74, 6) is -0.343. The van der Waals surface area contributed by atoms with Crippen molar-refractivity contribution in [1.82, 2.24) is 9.29 Å². The first-order chi connectivity index (χ1) is 13.8. The largest absolute Gasteiger partial charge is 0.302 e. The number of carbonyl (C=O) groups excluding carboxylic acids is 1. The van der Waals surface area contributed by atoms with Gasteiger partial charge in [0.05, 0.1) is 15.1 Å². The zero-order valence-electron chi connectivity index (χ0n) is 15.8. The minimum Gasteiger partial charge on any atom is -0.302 e. The zero-order chi connectivity index (χ0) is 20.6. The lowest BCUT2D eigenvalue weighted by Crippen LogP contribution is -2.41. The quantitative estimate of drug-likeness (QED) is 0.644. The number of amides is 1. The molecule has 6 nitrogen and oxygen atoms in total. The summed E-state index contributed by atoms with van der Waals surface area (Å²) in [4.78, 5) is 17.4. The molecule has 0 atom stereocenters. The number of halogens is 1. The van der Waals surface area contributed by atoms with Gasteiger partial charge in [-0.3, -0.25) is 4.79 Å². The molecule has 1 amide bonds. The number of thiazole rings is 1. The van der Waals surface area contributed by atoms with Crippen LogP contribution in [-0.4, -0.2) is 36.7 Å². The summed E-state index contributed by atoms with van der Waals surface area (Å²) in [6.07, 6.45) is 0.950. The van der Waals surface area contributed by atoms with Gasteiger partial charge < -0.3 is 5.32 Å². The molecular formula is C20H20ClN3O3S2. The van der Waals surface area contributed by atoms with Gasteiger partial charge in [-0.2, -0.15) is 4.31 Å². The fraction of sp³-hybridized carbons (Fsp3) is 0.300. The van der Waals surface area contributed by atoms with Crippen LogP contribution in [0.1, 0.15) is 18.4 Å². The number of nitrogens with zero attached hydrogens (tertiary/aromatic N) is 2. The summed E-state index contributed by atoms with van der Waals surface area (Å²) in [5, 5.41) is 3.97. The molecule has 1 fully saturated rings. The predicted octanol–water partition coefficient (Wildman–Crippen LogP) is 4.30. The average molecular weight is 450 g/mol. The lowest BCUT2D eigenvalue weighted by atomic mass is 9.97. The van der Waals surface area contributed by atoms with E-state index in [2.05, 4.69) is 10.3 Å². The number of para-hydroxylation sites is 1. The number of aryl methyl sites for hydroxylation is 1. The highest BCUT2D eigenvalue weighted by molar-refractivity contribution is 7.89. The van der Waals surface area contributed by atoms with Crippen molar-refractivity contribution in [3.05, 3.63) is 53.1 Å². The molecule has 1 aromatic heterocycles. The molecule has 1 aliphatic rings. The summed E-state index contributed by atoms with van der Waals surface area (Å²) < 4.78 is 28.0. The van der Waals surface area contributed by atoms with Crippen molar-refractivity contribution in [2.75, 3.05) is 18.4 Å². The van der Waals surface area contributed by atoms with E-state index in [1.165, 1.54) is 27.8 Å². The maximum Gasteiger partial charge on any atom is 0.243 e. The van der Waals surface area contributed by atoms with E-state index in [0.29, 0.717) is 36.1 Å². The van der Waals surface area contributed by atoms with E-state index in [4.69, 9.17) is 11.6 Å². The van der Waals surface area contributed by atoms with Crippen LogP contribution < -0.4 is 5.32 Å². The molecule has 0 radical (unpaired) electrons. The Kier molecular flexibility index (Phi) is 5.61. The van der Waals surface area contributed by atoms with E-state index in [-0.39, 0.29) is 16.7 Å². The maximum atomic E-state index is 12.8. The monoisotopic (exact) mass is 449 g/mol. The number of hydrogen-bond acceptors (Lipinski definition) is 5. The van der Waals surface area contributed by atoms with Crippen molar-refractivity contribution < 1.29 is 13.2 Å². The Labute approximate surface area is 178 Å². The normalized spacial score (nSPS) is 16.2. The van der Waals surface area contributed by atoms with Crippen LogP contribution in [-0.2, 0) is 14.8 Å². The molecule has 0 unspecified atom stereocenters. The third-order valence-electron chi connectivity index (χ3n) is 5.13. The molecule has 0 aliphatic carbocycles. The lowest BCUT2D eigenvalue weighted by Gasteiger charge is -2.30. The van der Waals surface area contributed by atoms with Gasteiger partial charge in [0.25, 0.3) is 0 Å². The minimum absolute atomic E-state index is 0.106. The van der Waals surface area contributed by atoms with E-state index in [9.17, 15) is 13.2 Å². The van der Waals surface area contributed by atoms with Crippen LogP contribution in [0.3, 0.4) is 0 Å². The van der Waals surface area contributed by atoms with Crippen molar-refractivity contribution in [2.24, 2.45) is 5.92 Å². The Balaban J connectivity index is 1.40. The number of sulfonamides is 1. The molecule has 1 saturated heterocycles. The van der Waals surface area contributed by atoms with Gasteiger partial charge in [-0.05, 0) is 55.7 Å². The van der Waals surface area contributed by atoms with E-state index in [1.54, 1.807) is 12.1 Å². The zero-order valence-corrected chi connectivity index (χ0v) is 18.1. The molecule has 152 valence electrons. The number of rotatable bonds is 4. The molecular weight excluding hydrogens is 430 g/mol. The highest BCUT2D eigenvalue weighted by atomic mass is 35.5. The summed E-state index contributed by atoms with van der Waals surface area (Å²) in [6.45, 7) is 2.61. The molecule has 0 saturated carbocycles. The molecule has 2 aromatic carbocycles. The van der Waals surface area contributed by atoms with Crippen LogP contribution in [0, 0.1) is 12.8 Å². The summed E-state index contributed by atoms with van der Waals surface area (Å²) in [7, 11) is -3.58. The van der Waals surface area contributed by atoms with Crippen LogP contribution in [0.15, 0.2) is 47.4 Å². The van der Waals surface area contributed by atoms with Gasteiger partial charge >= 0.3 is 0 Å². The van der Waals surface area contributed by atoms with Crippen LogP contribution in [0.2, 0.25) is 5.02 Å². The van der Waals surface area contributed by atoms with Gasteiger partial charge in [-0.1, -0.05) is 35.1 Å². The number of hydrogen-bond donors (Lipinski definition) is 1. The first kappa shape index (κ1) is 20.3.